The van der Waals surface area contributed by atoms with Crippen LogP contribution >= 0.6 is 27.7 Å². The molecule has 2 rings (SSSR count). The average molecular weight is 319 g/mol. The zero-order chi connectivity index (χ0) is 12.3. The van der Waals surface area contributed by atoms with Crippen LogP contribution < -0.4 is 0 Å². The van der Waals surface area contributed by atoms with Gasteiger partial charge in [-0.25, -0.2) is 4.39 Å². The van der Waals surface area contributed by atoms with Gasteiger partial charge in [-0.15, -0.1) is 0 Å². The monoisotopic (exact) mass is 318 g/mol. The molecule has 2 atom stereocenters. The summed E-state index contributed by atoms with van der Waals surface area (Å²) in [6, 6.07) is 4.95. The predicted molar refractivity (Wildman–Crippen MR) is 73.9 cm³/mol. The number of rotatable bonds is 3. The van der Waals surface area contributed by atoms with E-state index in [-0.39, 0.29) is 11.9 Å². The summed E-state index contributed by atoms with van der Waals surface area (Å²) in [6.07, 6.45) is 3.85. The van der Waals surface area contributed by atoms with Crippen molar-refractivity contribution in [3.05, 3.63) is 34.1 Å². The van der Waals surface area contributed by atoms with E-state index in [1.165, 1.54) is 18.9 Å². The van der Waals surface area contributed by atoms with Crippen molar-refractivity contribution in [1.29, 1.82) is 0 Å². The van der Waals surface area contributed by atoms with Crippen molar-refractivity contribution in [2.45, 2.75) is 37.0 Å². The first-order chi connectivity index (χ1) is 8.16. The molecule has 0 aromatic heterocycles. The van der Waals surface area contributed by atoms with Crippen molar-refractivity contribution in [1.82, 2.24) is 0 Å². The van der Waals surface area contributed by atoms with Gasteiger partial charge in [0.25, 0.3) is 0 Å². The van der Waals surface area contributed by atoms with E-state index in [2.05, 4.69) is 15.9 Å². The molecule has 1 saturated heterocycles. The van der Waals surface area contributed by atoms with E-state index in [0.29, 0.717) is 16.1 Å². The van der Waals surface area contributed by atoms with Crippen molar-refractivity contribution in [2.24, 2.45) is 0 Å². The van der Waals surface area contributed by atoms with Gasteiger partial charge in [-0.1, -0.05) is 12.5 Å². The molecule has 0 saturated carbocycles. The molecule has 0 amide bonds. The minimum atomic E-state index is -0.322. The van der Waals surface area contributed by atoms with Crippen LogP contribution in [-0.4, -0.2) is 22.2 Å². The Kier molecular flexibility index (Phi) is 4.88. The molecule has 2 unspecified atom stereocenters. The van der Waals surface area contributed by atoms with Crippen molar-refractivity contribution in [3.8, 4) is 0 Å². The second-order valence-electron chi connectivity index (χ2n) is 4.42. The zero-order valence-corrected chi connectivity index (χ0v) is 11.9. The van der Waals surface area contributed by atoms with E-state index in [1.807, 2.05) is 11.8 Å². The van der Waals surface area contributed by atoms with Crippen molar-refractivity contribution < 1.29 is 9.50 Å². The molecule has 4 heteroatoms. The first-order valence-corrected chi connectivity index (χ1v) is 7.74. The maximum atomic E-state index is 13.1. The number of hydrogen-bond acceptors (Lipinski definition) is 2. The van der Waals surface area contributed by atoms with Gasteiger partial charge in [-0.05, 0) is 58.6 Å². The van der Waals surface area contributed by atoms with Crippen molar-refractivity contribution >= 4 is 27.7 Å². The molecule has 1 heterocycles. The number of aliphatic hydroxyl groups excluding tert-OH is 1. The smallest absolute Gasteiger partial charge is 0.137 e. The Morgan fingerprint density at radius 1 is 1.47 bits per heavy atom. The van der Waals surface area contributed by atoms with Crippen molar-refractivity contribution in [2.75, 3.05) is 5.75 Å². The highest BCUT2D eigenvalue weighted by molar-refractivity contribution is 9.10. The van der Waals surface area contributed by atoms with Crippen LogP contribution in [-0.2, 0) is 6.42 Å². The summed E-state index contributed by atoms with van der Waals surface area (Å²) in [5.41, 5.74) is 0.983. The van der Waals surface area contributed by atoms with Gasteiger partial charge in [-0.3, -0.25) is 0 Å². The highest BCUT2D eigenvalue weighted by atomic mass is 79.9. The van der Waals surface area contributed by atoms with E-state index >= 15 is 0 Å². The SMILES string of the molecule is OC(Cc1ccc(F)c(Br)c1)C1CCCCS1. The van der Waals surface area contributed by atoms with Crippen LogP contribution in [0.2, 0.25) is 0 Å². The molecule has 1 fully saturated rings. The highest BCUT2D eigenvalue weighted by Gasteiger charge is 2.22. The lowest BCUT2D eigenvalue weighted by atomic mass is 10.0. The number of thioether (sulfide) groups is 1. The molecule has 94 valence electrons. The largest absolute Gasteiger partial charge is 0.392 e. The van der Waals surface area contributed by atoms with E-state index in [1.54, 1.807) is 12.1 Å². The summed E-state index contributed by atoms with van der Waals surface area (Å²) in [4.78, 5) is 0. The lowest BCUT2D eigenvalue weighted by Gasteiger charge is -2.26. The fourth-order valence-electron chi connectivity index (χ4n) is 2.11. The minimum absolute atomic E-state index is 0.254. The predicted octanol–water partition coefficient (Wildman–Crippen LogP) is 3.78. The third-order valence-electron chi connectivity index (χ3n) is 3.07. The first kappa shape index (κ1) is 13.4. The lowest BCUT2D eigenvalue weighted by Crippen LogP contribution is -2.27. The van der Waals surface area contributed by atoms with E-state index in [4.69, 9.17) is 0 Å². The Balaban J connectivity index is 1.96. The zero-order valence-electron chi connectivity index (χ0n) is 9.53. The quantitative estimate of drug-likeness (QED) is 0.915. The van der Waals surface area contributed by atoms with Gasteiger partial charge >= 0.3 is 0 Å². The van der Waals surface area contributed by atoms with Gasteiger partial charge in [0.1, 0.15) is 5.82 Å². The Labute approximate surface area is 114 Å². The molecule has 0 aliphatic carbocycles. The summed E-state index contributed by atoms with van der Waals surface area (Å²) in [5.74, 6) is 0.893. The van der Waals surface area contributed by atoms with E-state index < -0.39 is 0 Å². The van der Waals surface area contributed by atoms with Gasteiger partial charge < -0.3 is 5.11 Å². The van der Waals surface area contributed by atoms with Crippen LogP contribution in [0.1, 0.15) is 24.8 Å². The van der Waals surface area contributed by atoms with Crippen LogP contribution in [0.15, 0.2) is 22.7 Å². The molecular weight excluding hydrogens is 303 g/mol. The Morgan fingerprint density at radius 3 is 2.94 bits per heavy atom. The minimum Gasteiger partial charge on any atom is -0.392 e. The number of benzene rings is 1. The van der Waals surface area contributed by atoms with Gasteiger partial charge in [0.05, 0.1) is 10.6 Å². The van der Waals surface area contributed by atoms with Crippen LogP contribution in [0.3, 0.4) is 0 Å². The fraction of sp³-hybridized carbons (Fsp3) is 0.538. The Hall–Kier alpha value is -0.0600. The first-order valence-electron chi connectivity index (χ1n) is 5.90. The fourth-order valence-corrected chi connectivity index (χ4v) is 3.86. The van der Waals surface area contributed by atoms with Gasteiger partial charge in [0.2, 0.25) is 0 Å². The second kappa shape index (κ2) is 6.21. The average Bonchev–Trinajstić information content (AvgIpc) is 2.35. The van der Waals surface area contributed by atoms with Crippen molar-refractivity contribution in [3.63, 3.8) is 0 Å². The molecule has 1 aromatic rings. The molecule has 1 aliphatic rings. The molecule has 1 nitrogen and oxygen atoms in total. The molecule has 0 radical (unpaired) electrons. The molecule has 0 spiro atoms. The summed E-state index contributed by atoms with van der Waals surface area (Å²) in [7, 11) is 0. The molecule has 17 heavy (non-hydrogen) atoms. The maximum Gasteiger partial charge on any atom is 0.137 e. The number of halogens is 2. The normalized spacial score (nSPS) is 22.4. The van der Waals surface area contributed by atoms with Crippen LogP contribution in [0, 0.1) is 5.82 Å². The standard InChI is InChI=1S/C13H16BrFOS/c14-10-7-9(4-5-11(10)15)8-12(16)13-3-1-2-6-17-13/h4-5,7,12-13,16H,1-3,6,8H2. The molecule has 0 bridgehead atoms. The Morgan fingerprint density at radius 2 is 2.29 bits per heavy atom. The lowest BCUT2D eigenvalue weighted by molar-refractivity contribution is 0.166. The van der Waals surface area contributed by atoms with Crippen LogP contribution in [0.5, 0.6) is 0 Å². The van der Waals surface area contributed by atoms with Gasteiger partial charge in [-0.2, -0.15) is 11.8 Å². The van der Waals surface area contributed by atoms with E-state index in [9.17, 15) is 9.50 Å². The summed E-state index contributed by atoms with van der Waals surface area (Å²) >= 11 is 5.03. The third-order valence-corrected chi connectivity index (χ3v) is 5.18. The van der Waals surface area contributed by atoms with Crippen LogP contribution in [0.4, 0.5) is 4.39 Å². The highest BCUT2D eigenvalue weighted by Crippen LogP contribution is 2.29. The molecular formula is C13H16BrFOS. The Bertz CT molecular complexity index is 380. The van der Waals surface area contributed by atoms with Crippen LogP contribution in [0.25, 0.3) is 0 Å². The van der Waals surface area contributed by atoms with Gasteiger partial charge in [0, 0.05) is 5.25 Å². The molecule has 1 N–H and O–H groups in total. The van der Waals surface area contributed by atoms with Gasteiger partial charge in [0.15, 0.2) is 0 Å². The summed E-state index contributed by atoms with van der Waals surface area (Å²) < 4.78 is 13.5. The number of hydrogen-bond donors (Lipinski definition) is 1. The maximum absolute atomic E-state index is 13.1. The number of aliphatic hydroxyl groups is 1. The summed E-state index contributed by atoms with van der Waals surface area (Å²) in [5, 5.41) is 10.5. The van der Waals surface area contributed by atoms with E-state index in [0.717, 1.165) is 17.7 Å². The molecule has 1 aromatic carbocycles. The third kappa shape index (κ3) is 3.70. The summed E-state index contributed by atoms with van der Waals surface area (Å²) in [6.45, 7) is 0. The topological polar surface area (TPSA) is 20.2 Å². The molecule has 1 aliphatic heterocycles. The second-order valence-corrected chi connectivity index (χ2v) is 6.63.